The highest BCUT2D eigenvalue weighted by Crippen LogP contribution is 2.37. The number of para-hydroxylation sites is 1. The summed E-state index contributed by atoms with van der Waals surface area (Å²) in [5.74, 6) is 0.0131. The summed E-state index contributed by atoms with van der Waals surface area (Å²) in [5, 5.41) is 3.38. The predicted octanol–water partition coefficient (Wildman–Crippen LogP) is 4.04. The van der Waals surface area contributed by atoms with Crippen LogP contribution in [0.2, 0.25) is 0 Å². The van der Waals surface area contributed by atoms with Crippen molar-refractivity contribution in [1.29, 1.82) is 0 Å². The van der Waals surface area contributed by atoms with Crippen molar-refractivity contribution >= 4 is 11.6 Å². The topological polar surface area (TPSA) is 60.0 Å². The van der Waals surface area contributed by atoms with E-state index in [1.807, 2.05) is 18.2 Å². The normalized spacial score (nSPS) is 21.1. The van der Waals surface area contributed by atoms with Gasteiger partial charge in [-0.1, -0.05) is 18.2 Å². The first-order valence-corrected chi connectivity index (χ1v) is 9.47. The van der Waals surface area contributed by atoms with E-state index in [0.717, 1.165) is 18.5 Å². The molecular formula is C21H22F2N2O4. The summed E-state index contributed by atoms with van der Waals surface area (Å²) in [6, 6.07) is 12.0. The van der Waals surface area contributed by atoms with Crippen LogP contribution in [0.25, 0.3) is 0 Å². The first kappa shape index (κ1) is 19.4. The molecule has 0 spiro atoms. The average molecular weight is 404 g/mol. The number of amides is 1. The highest BCUT2D eigenvalue weighted by molar-refractivity contribution is 6.01. The van der Waals surface area contributed by atoms with Crippen LogP contribution in [0.5, 0.6) is 11.5 Å². The Morgan fingerprint density at radius 2 is 2.07 bits per heavy atom. The SMILES string of the molecule is COc1cc(C2Nc3ccccc3C(=O)N2CC2CCCO2)ccc1OC(F)F. The summed E-state index contributed by atoms with van der Waals surface area (Å²) in [6.45, 7) is -1.83. The lowest BCUT2D eigenvalue weighted by Crippen LogP contribution is -2.46. The van der Waals surface area contributed by atoms with Crippen molar-refractivity contribution in [3.63, 3.8) is 0 Å². The van der Waals surface area contributed by atoms with Gasteiger partial charge in [0, 0.05) is 18.8 Å². The smallest absolute Gasteiger partial charge is 0.387 e. The lowest BCUT2D eigenvalue weighted by atomic mass is 10.0. The van der Waals surface area contributed by atoms with E-state index in [1.54, 1.807) is 23.1 Å². The number of carbonyl (C=O) groups is 1. The Balaban J connectivity index is 1.70. The largest absolute Gasteiger partial charge is 0.493 e. The molecule has 8 heteroatoms. The molecule has 2 atom stereocenters. The first-order valence-electron chi connectivity index (χ1n) is 9.47. The number of rotatable bonds is 6. The number of carbonyl (C=O) groups excluding carboxylic acids is 1. The van der Waals surface area contributed by atoms with E-state index in [4.69, 9.17) is 9.47 Å². The Bertz CT molecular complexity index is 887. The van der Waals surface area contributed by atoms with Crippen LogP contribution >= 0.6 is 0 Å². The van der Waals surface area contributed by atoms with Gasteiger partial charge in [-0.25, -0.2) is 0 Å². The van der Waals surface area contributed by atoms with Gasteiger partial charge in [0.1, 0.15) is 6.17 Å². The van der Waals surface area contributed by atoms with Crippen molar-refractivity contribution in [2.24, 2.45) is 0 Å². The zero-order valence-electron chi connectivity index (χ0n) is 15.9. The summed E-state index contributed by atoms with van der Waals surface area (Å²) < 4.78 is 40.8. The highest BCUT2D eigenvalue weighted by atomic mass is 19.3. The summed E-state index contributed by atoms with van der Waals surface area (Å²) in [4.78, 5) is 15.0. The molecule has 1 N–H and O–H groups in total. The quantitative estimate of drug-likeness (QED) is 0.787. The Morgan fingerprint density at radius 3 is 2.79 bits per heavy atom. The van der Waals surface area contributed by atoms with Crippen LogP contribution in [0.4, 0.5) is 14.5 Å². The molecule has 1 fully saturated rings. The van der Waals surface area contributed by atoms with Gasteiger partial charge in [0.25, 0.3) is 5.91 Å². The number of alkyl halides is 2. The van der Waals surface area contributed by atoms with Crippen molar-refractivity contribution in [3.05, 3.63) is 53.6 Å². The molecule has 6 nitrogen and oxygen atoms in total. The monoisotopic (exact) mass is 404 g/mol. The number of methoxy groups -OCH3 is 1. The second-order valence-electron chi connectivity index (χ2n) is 6.97. The van der Waals surface area contributed by atoms with E-state index in [-0.39, 0.29) is 23.5 Å². The average Bonchev–Trinajstić information content (AvgIpc) is 3.23. The Morgan fingerprint density at radius 1 is 1.24 bits per heavy atom. The van der Waals surface area contributed by atoms with Crippen molar-refractivity contribution in [2.45, 2.75) is 31.7 Å². The van der Waals surface area contributed by atoms with Gasteiger partial charge in [-0.15, -0.1) is 0 Å². The Labute approximate surface area is 167 Å². The first-order chi connectivity index (χ1) is 14.1. The van der Waals surface area contributed by atoms with Crippen LogP contribution in [-0.4, -0.2) is 43.8 Å². The fourth-order valence-corrected chi connectivity index (χ4v) is 3.80. The van der Waals surface area contributed by atoms with E-state index in [0.29, 0.717) is 24.3 Å². The summed E-state index contributed by atoms with van der Waals surface area (Å²) in [6.07, 6.45) is 1.34. The van der Waals surface area contributed by atoms with E-state index >= 15 is 0 Å². The Hall–Kier alpha value is -2.87. The maximum atomic E-state index is 13.2. The zero-order valence-corrected chi connectivity index (χ0v) is 15.9. The number of nitrogens with one attached hydrogen (secondary N) is 1. The second kappa shape index (κ2) is 8.24. The van der Waals surface area contributed by atoms with E-state index in [9.17, 15) is 13.6 Å². The molecule has 2 aromatic rings. The molecule has 0 aromatic heterocycles. The van der Waals surface area contributed by atoms with Crippen LogP contribution in [0.15, 0.2) is 42.5 Å². The molecule has 0 bridgehead atoms. The fraction of sp³-hybridized carbons (Fsp3) is 0.381. The molecule has 0 saturated carbocycles. The number of benzene rings is 2. The second-order valence-corrected chi connectivity index (χ2v) is 6.97. The number of ether oxygens (including phenoxy) is 3. The van der Waals surface area contributed by atoms with Gasteiger partial charge in [0.15, 0.2) is 11.5 Å². The molecule has 2 aliphatic heterocycles. The summed E-state index contributed by atoms with van der Waals surface area (Å²) in [7, 11) is 1.39. The lowest BCUT2D eigenvalue weighted by molar-refractivity contribution is -0.0512. The summed E-state index contributed by atoms with van der Waals surface area (Å²) >= 11 is 0. The minimum Gasteiger partial charge on any atom is -0.493 e. The van der Waals surface area contributed by atoms with Gasteiger partial charge in [-0.05, 0) is 42.7 Å². The van der Waals surface area contributed by atoms with Crippen molar-refractivity contribution in [1.82, 2.24) is 4.90 Å². The van der Waals surface area contributed by atoms with E-state index < -0.39 is 12.8 Å². The van der Waals surface area contributed by atoms with Gasteiger partial charge >= 0.3 is 6.61 Å². The van der Waals surface area contributed by atoms with E-state index in [2.05, 4.69) is 10.1 Å². The van der Waals surface area contributed by atoms with Crippen LogP contribution in [-0.2, 0) is 4.74 Å². The number of nitrogens with zero attached hydrogens (tertiary/aromatic N) is 1. The van der Waals surface area contributed by atoms with Gasteiger partial charge in [-0.2, -0.15) is 8.78 Å². The maximum Gasteiger partial charge on any atom is 0.387 e. The minimum absolute atomic E-state index is 0.0307. The minimum atomic E-state index is -2.95. The molecule has 2 aliphatic rings. The predicted molar refractivity (Wildman–Crippen MR) is 102 cm³/mol. The third-order valence-corrected chi connectivity index (χ3v) is 5.17. The lowest BCUT2D eigenvalue weighted by Gasteiger charge is -2.39. The van der Waals surface area contributed by atoms with Crippen molar-refractivity contribution in [3.8, 4) is 11.5 Å². The fourth-order valence-electron chi connectivity index (χ4n) is 3.80. The molecule has 29 heavy (non-hydrogen) atoms. The molecule has 154 valence electrons. The van der Waals surface area contributed by atoms with Gasteiger partial charge < -0.3 is 24.4 Å². The zero-order chi connectivity index (χ0) is 20.4. The van der Waals surface area contributed by atoms with Crippen molar-refractivity contribution in [2.75, 3.05) is 25.6 Å². The van der Waals surface area contributed by atoms with Crippen LogP contribution in [0.1, 0.15) is 34.9 Å². The highest BCUT2D eigenvalue weighted by Gasteiger charge is 2.35. The van der Waals surface area contributed by atoms with Crippen LogP contribution in [0.3, 0.4) is 0 Å². The van der Waals surface area contributed by atoms with Crippen LogP contribution in [0, 0.1) is 0 Å². The number of fused-ring (bicyclic) bond motifs is 1. The number of hydrogen-bond acceptors (Lipinski definition) is 5. The Kier molecular flexibility index (Phi) is 5.53. The molecule has 4 rings (SSSR count). The van der Waals surface area contributed by atoms with Gasteiger partial charge in [-0.3, -0.25) is 4.79 Å². The van der Waals surface area contributed by atoms with Gasteiger partial charge in [0.2, 0.25) is 0 Å². The third kappa shape index (κ3) is 3.98. The molecular weight excluding hydrogens is 382 g/mol. The number of halogens is 2. The van der Waals surface area contributed by atoms with Crippen molar-refractivity contribution < 1.29 is 27.8 Å². The molecule has 0 aliphatic carbocycles. The third-order valence-electron chi connectivity index (χ3n) is 5.17. The van der Waals surface area contributed by atoms with E-state index in [1.165, 1.54) is 13.2 Å². The molecule has 2 unspecified atom stereocenters. The maximum absolute atomic E-state index is 13.2. The number of anilines is 1. The molecule has 1 saturated heterocycles. The molecule has 0 radical (unpaired) electrons. The molecule has 1 amide bonds. The van der Waals surface area contributed by atoms with Crippen LogP contribution < -0.4 is 14.8 Å². The summed E-state index contributed by atoms with van der Waals surface area (Å²) in [5.41, 5.74) is 2.01. The standard InChI is InChI=1S/C21H22F2N2O4/c1-27-18-11-13(8-9-17(18)29-21(22)23)19-24-16-7-3-2-6-15(16)20(26)25(19)12-14-5-4-10-28-14/h2-3,6-9,11,14,19,21,24H,4-5,10,12H2,1H3. The van der Waals surface area contributed by atoms with Gasteiger partial charge in [0.05, 0.1) is 18.8 Å². The number of hydrogen-bond donors (Lipinski definition) is 1. The molecule has 2 aromatic carbocycles. The molecule has 2 heterocycles.